The van der Waals surface area contributed by atoms with Crippen molar-refractivity contribution in [2.75, 3.05) is 6.61 Å². The lowest BCUT2D eigenvalue weighted by Crippen LogP contribution is -2.19. The number of phenols is 2. The van der Waals surface area contributed by atoms with Gasteiger partial charge in [-0.1, -0.05) is 40.9 Å². The minimum absolute atomic E-state index is 0.0206. The quantitative estimate of drug-likeness (QED) is 0.405. The highest BCUT2D eigenvalue weighted by Gasteiger charge is 2.33. The molecule has 0 spiro atoms. The summed E-state index contributed by atoms with van der Waals surface area (Å²) in [7, 11) is 0. The number of hydrogen-bond donors (Lipinski definition) is 2. The lowest BCUT2D eigenvalue weighted by atomic mass is 9.86. The molecule has 3 aromatic rings. The molecule has 160 valence electrons. The molecule has 1 heterocycles. The Morgan fingerprint density at radius 3 is 2.45 bits per heavy atom. The highest BCUT2D eigenvalue weighted by Crippen LogP contribution is 2.52. The molecule has 0 bridgehead atoms. The van der Waals surface area contributed by atoms with Crippen molar-refractivity contribution in [2.45, 2.75) is 19.8 Å². The predicted molar refractivity (Wildman–Crippen MR) is 119 cm³/mol. The van der Waals surface area contributed by atoms with E-state index in [1.54, 1.807) is 32.0 Å². The average molecular weight is 480 g/mol. The SMILES string of the molecule is Cc1cc2c(c(Cl)c1O)Oc1c(ccc(O)c1C)C2COC(=O)c1ccc(Cl)c(Cl)c1. The number of aryl methyl sites for hydroxylation is 1. The molecule has 0 saturated heterocycles. The summed E-state index contributed by atoms with van der Waals surface area (Å²) in [5.41, 5.74) is 2.74. The number of carbonyl (C=O) groups excluding carboxylic acids is 1. The molecule has 1 aliphatic rings. The fraction of sp³-hybridized carbons (Fsp3) is 0.174. The van der Waals surface area contributed by atoms with Gasteiger partial charge in [0, 0.05) is 16.7 Å². The largest absolute Gasteiger partial charge is 0.508 e. The normalized spacial score (nSPS) is 14.4. The zero-order valence-corrected chi connectivity index (χ0v) is 18.8. The maximum atomic E-state index is 12.6. The second kappa shape index (κ2) is 8.15. The summed E-state index contributed by atoms with van der Waals surface area (Å²) >= 11 is 18.3. The fourth-order valence-corrected chi connectivity index (χ4v) is 4.16. The summed E-state index contributed by atoms with van der Waals surface area (Å²) in [5, 5.41) is 21.0. The fourth-order valence-electron chi connectivity index (χ4n) is 3.56. The Bertz CT molecular complexity index is 1220. The molecule has 0 aliphatic carbocycles. The van der Waals surface area contributed by atoms with Crippen LogP contribution >= 0.6 is 34.8 Å². The maximum absolute atomic E-state index is 12.6. The van der Waals surface area contributed by atoms with E-state index in [4.69, 9.17) is 44.3 Å². The lowest BCUT2D eigenvalue weighted by Gasteiger charge is -2.30. The molecule has 0 radical (unpaired) electrons. The Labute approximate surface area is 193 Å². The minimum atomic E-state index is -0.565. The van der Waals surface area contributed by atoms with Gasteiger partial charge in [0.25, 0.3) is 0 Å². The number of halogens is 3. The topological polar surface area (TPSA) is 76.0 Å². The molecule has 0 saturated carbocycles. The van der Waals surface area contributed by atoms with Gasteiger partial charge in [0.15, 0.2) is 5.75 Å². The summed E-state index contributed by atoms with van der Waals surface area (Å²) in [4.78, 5) is 12.6. The molecule has 0 fully saturated rings. The minimum Gasteiger partial charge on any atom is -0.508 e. The van der Waals surface area contributed by atoms with E-state index in [-0.39, 0.29) is 39.5 Å². The summed E-state index contributed by atoms with van der Waals surface area (Å²) in [5.74, 6) is -0.351. The number of carbonyl (C=O) groups is 1. The number of phenolic OH excluding ortho intramolecular Hbond substituents is 2. The lowest BCUT2D eigenvalue weighted by molar-refractivity contribution is 0.0489. The van der Waals surface area contributed by atoms with Crippen molar-refractivity contribution in [2.24, 2.45) is 0 Å². The molecule has 3 aromatic carbocycles. The van der Waals surface area contributed by atoms with Gasteiger partial charge in [-0.25, -0.2) is 4.79 Å². The number of benzene rings is 3. The van der Waals surface area contributed by atoms with E-state index in [0.29, 0.717) is 27.5 Å². The highest BCUT2D eigenvalue weighted by molar-refractivity contribution is 6.42. The van der Waals surface area contributed by atoms with Crippen LogP contribution in [-0.4, -0.2) is 22.8 Å². The van der Waals surface area contributed by atoms with Crippen LogP contribution in [-0.2, 0) is 4.74 Å². The third-order valence-electron chi connectivity index (χ3n) is 5.31. The van der Waals surface area contributed by atoms with Crippen LogP contribution < -0.4 is 4.74 Å². The van der Waals surface area contributed by atoms with E-state index in [9.17, 15) is 15.0 Å². The Hall–Kier alpha value is -2.60. The smallest absolute Gasteiger partial charge is 0.338 e. The molecule has 5 nitrogen and oxygen atoms in total. The third-order valence-corrected chi connectivity index (χ3v) is 6.40. The van der Waals surface area contributed by atoms with Crippen molar-refractivity contribution in [3.8, 4) is 23.0 Å². The van der Waals surface area contributed by atoms with Gasteiger partial charge in [-0.3, -0.25) is 0 Å². The van der Waals surface area contributed by atoms with Crippen LogP contribution in [0.3, 0.4) is 0 Å². The number of rotatable bonds is 3. The van der Waals surface area contributed by atoms with E-state index in [1.165, 1.54) is 18.2 Å². The number of fused-ring (bicyclic) bond motifs is 2. The van der Waals surface area contributed by atoms with Gasteiger partial charge in [-0.15, -0.1) is 0 Å². The zero-order chi connectivity index (χ0) is 22.4. The second-order valence-corrected chi connectivity index (χ2v) is 8.48. The van der Waals surface area contributed by atoms with Gasteiger partial charge < -0.3 is 19.7 Å². The summed E-state index contributed by atoms with van der Waals surface area (Å²) in [6.07, 6.45) is 0. The first-order chi connectivity index (χ1) is 14.7. The first-order valence-corrected chi connectivity index (χ1v) is 10.5. The van der Waals surface area contributed by atoms with E-state index < -0.39 is 11.9 Å². The van der Waals surface area contributed by atoms with Gasteiger partial charge in [0.1, 0.15) is 28.9 Å². The highest BCUT2D eigenvalue weighted by atomic mass is 35.5. The van der Waals surface area contributed by atoms with Gasteiger partial charge >= 0.3 is 5.97 Å². The van der Waals surface area contributed by atoms with Crippen molar-refractivity contribution in [3.63, 3.8) is 0 Å². The summed E-state index contributed by atoms with van der Waals surface area (Å²) in [6, 6.07) is 9.53. The van der Waals surface area contributed by atoms with Crippen molar-refractivity contribution in [1.29, 1.82) is 0 Å². The summed E-state index contributed by atoms with van der Waals surface area (Å²) < 4.78 is 11.6. The maximum Gasteiger partial charge on any atom is 0.338 e. The Balaban J connectivity index is 1.74. The zero-order valence-electron chi connectivity index (χ0n) is 16.5. The van der Waals surface area contributed by atoms with E-state index in [1.807, 2.05) is 0 Å². The van der Waals surface area contributed by atoms with Crippen LogP contribution in [0.1, 0.15) is 38.5 Å². The molecular formula is C23H17Cl3O5. The van der Waals surface area contributed by atoms with E-state index in [2.05, 4.69) is 0 Å². The first-order valence-electron chi connectivity index (χ1n) is 9.33. The monoisotopic (exact) mass is 478 g/mol. The first kappa shape index (κ1) is 21.6. The van der Waals surface area contributed by atoms with Crippen LogP contribution in [0.15, 0.2) is 36.4 Å². The Morgan fingerprint density at radius 1 is 1.00 bits per heavy atom. The molecule has 31 heavy (non-hydrogen) atoms. The van der Waals surface area contributed by atoms with Crippen LogP contribution in [0, 0.1) is 13.8 Å². The second-order valence-electron chi connectivity index (χ2n) is 7.28. The average Bonchev–Trinajstić information content (AvgIpc) is 2.74. The van der Waals surface area contributed by atoms with Crippen molar-refractivity contribution in [1.82, 2.24) is 0 Å². The molecule has 2 N–H and O–H groups in total. The standard InChI is InChI=1S/C23H17Cl3O5/c1-10-7-14-15(9-30-23(29)12-3-5-16(24)17(25)8-12)13-4-6-18(27)11(2)21(13)31-22(14)19(26)20(10)28/h3-8,15,27-28H,9H2,1-2H3. The Morgan fingerprint density at radius 2 is 1.74 bits per heavy atom. The van der Waals surface area contributed by atoms with Crippen LogP contribution in [0.25, 0.3) is 0 Å². The number of ether oxygens (including phenoxy) is 2. The molecule has 8 heteroatoms. The summed E-state index contributed by atoms with van der Waals surface area (Å²) in [6.45, 7) is 3.41. The van der Waals surface area contributed by atoms with Crippen molar-refractivity contribution < 1.29 is 24.5 Å². The number of aromatic hydroxyl groups is 2. The van der Waals surface area contributed by atoms with Gasteiger partial charge in [0.2, 0.25) is 0 Å². The molecule has 1 aliphatic heterocycles. The molecule has 0 amide bonds. The van der Waals surface area contributed by atoms with Gasteiger partial charge in [-0.05, 0) is 49.7 Å². The Kier molecular flexibility index (Phi) is 5.69. The molecule has 1 unspecified atom stereocenters. The van der Waals surface area contributed by atoms with Crippen molar-refractivity contribution in [3.05, 3.63) is 79.3 Å². The van der Waals surface area contributed by atoms with Gasteiger partial charge in [-0.2, -0.15) is 0 Å². The molecule has 4 rings (SSSR count). The molecule has 0 aromatic heterocycles. The van der Waals surface area contributed by atoms with E-state index >= 15 is 0 Å². The van der Waals surface area contributed by atoms with Crippen LogP contribution in [0.2, 0.25) is 15.1 Å². The third kappa shape index (κ3) is 3.78. The predicted octanol–water partition coefficient (Wildman–Crippen LogP) is 6.77. The molecular weight excluding hydrogens is 463 g/mol. The van der Waals surface area contributed by atoms with Crippen LogP contribution in [0.4, 0.5) is 0 Å². The number of hydrogen-bond acceptors (Lipinski definition) is 5. The van der Waals surface area contributed by atoms with Crippen molar-refractivity contribution >= 4 is 40.8 Å². The molecule has 1 atom stereocenters. The van der Waals surface area contributed by atoms with Crippen LogP contribution in [0.5, 0.6) is 23.0 Å². The van der Waals surface area contributed by atoms with Gasteiger partial charge in [0.05, 0.1) is 21.5 Å². The number of esters is 1. The van der Waals surface area contributed by atoms with E-state index in [0.717, 1.165) is 5.56 Å².